The van der Waals surface area contributed by atoms with Crippen LogP contribution in [0.15, 0.2) is 30.3 Å². The van der Waals surface area contributed by atoms with Crippen LogP contribution in [0.25, 0.3) is 0 Å². The van der Waals surface area contributed by atoms with Gasteiger partial charge < -0.3 is 14.8 Å². The number of aryl methyl sites for hydroxylation is 3. The highest BCUT2D eigenvalue weighted by molar-refractivity contribution is 5.44. The van der Waals surface area contributed by atoms with Crippen molar-refractivity contribution in [1.82, 2.24) is 5.32 Å². The first-order valence-corrected chi connectivity index (χ1v) is 7.79. The Kier molecular flexibility index (Phi) is 4.34. The first kappa shape index (κ1) is 14.9. The van der Waals surface area contributed by atoms with Gasteiger partial charge in [-0.25, -0.2) is 0 Å². The van der Waals surface area contributed by atoms with Gasteiger partial charge in [-0.1, -0.05) is 23.8 Å². The highest BCUT2D eigenvalue weighted by atomic mass is 16.6. The maximum absolute atomic E-state index is 5.63. The number of hydrogen-bond donors (Lipinski definition) is 1. The van der Waals surface area contributed by atoms with Crippen molar-refractivity contribution in [3.8, 4) is 11.5 Å². The highest BCUT2D eigenvalue weighted by Gasteiger charge is 2.11. The fourth-order valence-corrected chi connectivity index (χ4v) is 3.02. The number of benzene rings is 2. The van der Waals surface area contributed by atoms with E-state index in [4.69, 9.17) is 9.47 Å². The van der Waals surface area contributed by atoms with E-state index in [2.05, 4.69) is 50.4 Å². The number of rotatable bonds is 4. The molecule has 0 aromatic heterocycles. The monoisotopic (exact) mass is 297 g/mol. The molecule has 0 atom stereocenters. The van der Waals surface area contributed by atoms with Crippen molar-refractivity contribution in [2.45, 2.75) is 33.9 Å². The molecule has 116 valence electrons. The van der Waals surface area contributed by atoms with Gasteiger partial charge in [0.15, 0.2) is 11.5 Å². The molecule has 3 rings (SSSR count). The minimum atomic E-state index is 0.631. The molecule has 0 amide bonds. The smallest absolute Gasteiger partial charge is 0.161 e. The zero-order chi connectivity index (χ0) is 15.5. The van der Waals surface area contributed by atoms with Gasteiger partial charge in [0.2, 0.25) is 0 Å². The lowest BCUT2D eigenvalue weighted by molar-refractivity contribution is 0.171. The topological polar surface area (TPSA) is 30.5 Å². The van der Waals surface area contributed by atoms with E-state index in [0.29, 0.717) is 13.2 Å². The molecule has 0 saturated heterocycles. The van der Waals surface area contributed by atoms with E-state index in [1.165, 1.54) is 27.8 Å². The summed E-state index contributed by atoms with van der Waals surface area (Å²) in [6.45, 7) is 9.48. The second-order valence-corrected chi connectivity index (χ2v) is 5.96. The summed E-state index contributed by atoms with van der Waals surface area (Å²) in [6.07, 6.45) is 0. The van der Waals surface area contributed by atoms with Gasteiger partial charge in [-0.15, -0.1) is 0 Å². The molecule has 2 aromatic rings. The van der Waals surface area contributed by atoms with Gasteiger partial charge >= 0.3 is 0 Å². The summed E-state index contributed by atoms with van der Waals surface area (Å²) >= 11 is 0. The predicted molar refractivity (Wildman–Crippen MR) is 88.6 cm³/mol. The molecule has 0 radical (unpaired) electrons. The lowest BCUT2D eigenvalue weighted by atomic mass is 10.00. The maximum Gasteiger partial charge on any atom is 0.161 e. The van der Waals surface area contributed by atoms with Gasteiger partial charge in [-0.3, -0.25) is 0 Å². The SMILES string of the molecule is Cc1cc(C)c(CNCc2ccc3c(c2)OCCO3)c(C)c1. The van der Waals surface area contributed by atoms with Gasteiger partial charge in [0, 0.05) is 13.1 Å². The quantitative estimate of drug-likeness (QED) is 0.934. The lowest BCUT2D eigenvalue weighted by Gasteiger charge is -2.19. The second kappa shape index (κ2) is 6.41. The van der Waals surface area contributed by atoms with E-state index < -0.39 is 0 Å². The van der Waals surface area contributed by atoms with Crippen molar-refractivity contribution in [2.24, 2.45) is 0 Å². The third-order valence-electron chi connectivity index (χ3n) is 4.08. The molecule has 1 N–H and O–H groups in total. The van der Waals surface area contributed by atoms with Crippen molar-refractivity contribution in [2.75, 3.05) is 13.2 Å². The van der Waals surface area contributed by atoms with Crippen molar-refractivity contribution in [3.05, 3.63) is 58.1 Å². The summed E-state index contributed by atoms with van der Waals surface area (Å²) in [7, 11) is 0. The molecule has 2 aromatic carbocycles. The Morgan fingerprint density at radius 3 is 2.27 bits per heavy atom. The lowest BCUT2D eigenvalue weighted by Crippen LogP contribution is -2.17. The van der Waals surface area contributed by atoms with Crippen LogP contribution in [0.1, 0.15) is 27.8 Å². The Labute approximate surface area is 132 Å². The van der Waals surface area contributed by atoms with Crippen LogP contribution in [0, 0.1) is 20.8 Å². The second-order valence-electron chi connectivity index (χ2n) is 5.96. The number of fused-ring (bicyclic) bond motifs is 1. The summed E-state index contributed by atoms with van der Waals surface area (Å²) in [4.78, 5) is 0. The maximum atomic E-state index is 5.63. The van der Waals surface area contributed by atoms with Crippen LogP contribution in [0.4, 0.5) is 0 Å². The first-order chi connectivity index (χ1) is 10.6. The molecule has 22 heavy (non-hydrogen) atoms. The average Bonchev–Trinajstić information content (AvgIpc) is 2.49. The largest absolute Gasteiger partial charge is 0.486 e. The van der Waals surface area contributed by atoms with E-state index in [0.717, 1.165) is 24.6 Å². The third-order valence-corrected chi connectivity index (χ3v) is 4.08. The van der Waals surface area contributed by atoms with Crippen LogP contribution >= 0.6 is 0 Å². The molecule has 0 unspecified atom stereocenters. The summed E-state index contributed by atoms with van der Waals surface area (Å²) in [6, 6.07) is 10.6. The molecular weight excluding hydrogens is 274 g/mol. The zero-order valence-corrected chi connectivity index (χ0v) is 13.5. The number of hydrogen-bond acceptors (Lipinski definition) is 3. The zero-order valence-electron chi connectivity index (χ0n) is 13.5. The van der Waals surface area contributed by atoms with E-state index in [-0.39, 0.29) is 0 Å². The fourth-order valence-electron chi connectivity index (χ4n) is 3.02. The molecule has 3 heteroatoms. The van der Waals surface area contributed by atoms with Crippen molar-refractivity contribution in [1.29, 1.82) is 0 Å². The predicted octanol–water partition coefficient (Wildman–Crippen LogP) is 3.67. The molecule has 1 aliphatic heterocycles. The third kappa shape index (κ3) is 3.25. The molecule has 1 heterocycles. The Bertz CT molecular complexity index is 656. The Morgan fingerprint density at radius 1 is 0.864 bits per heavy atom. The Morgan fingerprint density at radius 2 is 1.55 bits per heavy atom. The van der Waals surface area contributed by atoms with E-state index >= 15 is 0 Å². The minimum absolute atomic E-state index is 0.631. The van der Waals surface area contributed by atoms with Crippen LogP contribution in [-0.4, -0.2) is 13.2 Å². The van der Waals surface area contributed by atoms with Crippen molar-refractivity contribution in [3.63, 3.8) is 0 Å². The summed E-state index contributed by atoms with van der Waals surface area (Å²) in [5.74, 6) is 1.70. The van der Waals surface area contributed by atoms with Crippen LogP contribution in [-0.2, 0) is 13.1 Å². The fraction of sp³-hybridized carbons (Fsp3) is 0.368. The van der Waals surface area contributed by atoms with Gasteiger partial charge in [0.1, 0.15) is 13.2 Å². The van der Waals surface area contributed by atoms with E-state index in [9.17, 15) is 0 Å². The van der Waals surface area contributed by atoms with Gasteiger partial charge in [0.05, 0.1) is 0 Å². The summed E-state index contributed by atoms with van der Waals surface area (Å²) < 4.78 is 11.2. The molecule has 0 fully saturated rings. The van der Waals surface area contributed by atoms with Crippen LogP contribution < -0.4 is 14.8 Å². The molecule has 1 aliphatic rings. The molecule has 0 spiro atoms. The van der Waals surface area contributed by atoms with Crippen LogP contribution in [0.5, 0.6) is 11.5 Å². The molecule has 0 bridgehead atoms. The minimum Gasteiger partial charge on any atom is -0.486 e. The number of nitrogens with one attached hydrogen (secondary N) is 1. The first-order valence-electron chi connectivity index (χ1n) is 7.79. The van der Waals surface area contributed by atoms with Crippen LogP contribution in [0.2, 0.25) is 0 Å². The van der Waals surface area contributed by atoms with E-state index in [1.807, 2.05) is 6.07 Å². The molecule has 0 saturated carbocycles. The molecular formula is C19H23NO2. The van der Waals surface area contributed by atoms with Crippen LogP contribution in [0.3, 0.4) is 0 Å². The molecule has 3 nitrogen and oxygen atoms in total. The standard InChI is InChI=1S/C19H23NO2/c1-13-8-14(2)17(15(3)9-13)12-20-11-16-4-5-18-19(10-16)22-7-6-21-18/h4-5,8-10,20H,6-7,11-12H2,1-3H3. The van der Waals surface area contributed by atoms with Crippen molar-refractivity contribution < 1.29 is 9.47 Å². The summed E-state index contributed by atoms with van der Waals surface area (Å²) in [5, 5.41) is 3.53. The van der Waals surface area contributed by atoms with Gasteiger partial charge in [0.25, 0.3) is 0 Å². The number of ether oxygens (including phenoxy) is 2. The Balaban J connectivity index is 1.64. The van der Waals surface area contributed by atoms with Gasteiger partial charge in [-0.05, 0) is 55.2 Å². The van der Waals surface area contributed by atoms with E-state index in [1.54, 1.807) is 0 Å². The van der Waals surface area contributed by atoms with Crippen molar-refractivity contribution >= 4 is 0 Å². The van der Waals surface area contributed by atoms with Gasteiger partial charge in [-0.2, -0.15) is 0 Å². The summed E-state index contributed by atoms with van der Waals surface area (Å²) in [5.41, 5.74) is 6.64. The highest BCUT2D eigenvalue weighted by Crippen LogP contribution is 2.30. The molecule has 0 aliphatic carbocycles. The average molecular weight is 297 g/mol. The normalized spacial score (nSPS) is 13.2. The Hall–Kier alpha value is -2.00.